The van der Waals surface area contributed by atoms with Gasteiger partial charge in [0.1, 0.15) is 11.9 Å². The molecule has 0 radical (unpaired) electrons. The molecule has 1 N–H and O–H groups in total. The molecule has 0 amide bonds. The number of hydrogen-bond donors (Lipinski definition) is 1. The number of hydrogen-bond acceptors (Lipinski definition) is 2. The van der Waals surface area contributed by atoms with E-state index >= 15 is 0 Å². The molecule has 2 nitrogen and oxygen atoms in total. The minimum atomic E-state index is -0.471. The SMILES string of the molecule is CNC/C(C)=C/c1ccc(F)c(C#N)c1. The van der Waals surface area contributed by atoms with Gasteiger partial charge in [0.05, 0.1) is 5.56 Å². The summed E-state index contributed by atoms with van der Waals surface area (Å²) in [5.74, 6) is -0.471. The van der Waals surface area contributed by atoms with Crippen LogP contribution in [0.15, 0.2) is 23.8 Å². The van der Waals surface area contributed by atoms with Crippen molar-refractivity contribution in [2.45, 2.75) is 6.92 Å². The van der Waals surface area contributed by atoms with Crippen molar-refractivity contribution in [3.63, 3.8) is 0 Å². The fourth-order valence-electron chi connectivity index (χ4n) is 1.33. The summed E-state index contributed by atoms with van der Waals surface area (Å²) in [4.78, 5) is 0. The Balaban J connectivity index is 2.98. The van der Waals surface area contributed by atoms with Gasteiger partial charge in [-0.2, -0.15) is 5.26 Å². The molecule has 15 heavy (non-hydrogen) atoms. The van der Waals surface area contributed by atoms with Crippen LogP contribution in [0.1, 0.15) is 18.1 Å². The van der Waals surface area contributed by atoms with Crippen molar-refractivity contribution < 1.29 is 4.39 Å². The highest BCUT2D eigenvalue weighted by Crippen LogP contribution is 2.12. The molecule has 0 bridgehead atoms. The molecule has 0 aromatic heterocycles. The highest BCUT2D eigenvalue weighted by atomic mass is 19.1. The maximum Gasteiger partial charge on any atom is 0.140 e. The first-order valence-corrected chi connectivity index (χ1v) is 4.69. The van der Waals surface area contributed by atoms with E-state index in [1.165, 1.54) is 6.07 Å². The summed E-state index contributed by atoms with van der Waals surface area (Å²) < 4.78 is 13.0. The summed E-state index contributed by atoms with van der Waals surface area (Å²) in [6.45, 7) is 2.76. The van der Waals surface area contributed by atoms with Gasteiger partial charge in [-0.1, -0.05) is 17.7 Å². The molecule has 0 atom stereocenters. The first kappa shape index (κ1) is 11.4. The monoisotopic (exact) mass is 204 g/mol. The molecule has 78 valence electrons. The van der Waals surface area contributed by atoms with Crippen molar-refractivity contribution in [2.75, 3.05) is 13.6 Å². The fourth-order valence-corrected chi connectivity index (χ4v) is 1.33. The Morgan fingerprint density at radius 1 is 1.60 bits per heavy atom. The highest BCUT2D eigenvalue weighted by molar-refractivity contribution is 5.55. The lowest BCUT2D eigenvalue weighted by atomic mass is 10.1. The molecule has 0 aliphatic rings. The average Bonchev–Trinajstić information content (AvgIpc) is 2.21. The van der Waals surface area contributed by atoms with Gasteiger partial charge >= 0.3 is 0 Å². The topological polar surface area (TPSA) is 35.8 Å². The average molecular weight is 204 g/mol. The lowest BCUT2D eigenvalue weighted by Gasteiger charge is -2.01. The Hall–Kier alpha value is -1.66. The van der Waals surface area contributed by atoms with Crippen LogP contribution in [0.3, 0.4) is 0 Å². The Morgan fingerprint density at radius 3 is 2.93 bits per heavy atom. The van der Waals surface area contributed by atoms with Gasteiger partial charge in [0.2, 0.25) is 0 Å². The number of benzene rings is 1. The number of halogens is 1. The van der Waals surface area contributed by atoms with E-state index in [0.717, 1.165) is 17.7 Å². The number of rotatable bonds is 3. The van der Waals surface area contributed by atoms with Crippen molar-refractivity contribution in [3.8, 4) is 6.07 Å². The Bertz CT molecular complexity index is 416. The lowest BCUT2D eigenvalue weighted by molar-refractivity contribution is 0.624. The maximum atomic E-state index is 13.0. The quantitative estimate of drug-likeness (QED) is 0.820. The van der Waals surface area contributed by atoms with E-state index in [0.29, 0.717) is 0 Å². The molecule has 0 saturated heterocycles. The van der Waals surface area contributed by atoms with Crippen molar-refractivity contribution in [1.82, 2.24) is 5.32 Å². The zero-order chi connectivity index (χ0) is 11.3. The van der Waals surface area contributed by atoms with Crippen LogP contribution in [-0.2, 0) is 0 Å². The lowest BCUT2D eigenvalue weighted by Crippen LogP contribution is -2.08. The van der Waals surface area contributed by atoms with E-state index < -0.39 is 5.82 Å². The molecule has 0 aliphatic heterocycles. The zero-order valence-corrected chi connectivity index (χ0v) is 8.84. The minimum Gasteiger partial charge on any atom is -0.316 e. The second-order valence-electron chi connectivity index (χ2n) is 3.37. The summed E-state index contributed by atoms with van der Waals surface area (Å²) >= 11 is 0. The second kappa shape index (κ2) is 5.28. The standard InChI is InChI=1S/C12H13FN2/c1-9(8-15-2)5-10-3-4-12(13)11(6-10)7-14/h3-6,15H,8H2,1-2H3/b9-5+. The molecule has 0 aliphatic carbocycles. The molecule has 0 heterocycles. The Kier molecular flexibility index (Phi) is 4.02. The van der Waals surface area contributed by atoms with Crippen molar-refractivity contribution >= 4 is 6.08 Å². The minimum absolute atomic E-state index is 0.0843. The fraction of sp³-hybridized carbons (Fsp3) is 0.250. The molecular formula is C12H13FN2. The molecule has 0 fully saturated rings. The van der Waals surface area contributed by atoms with E-state index in [1.807, 2.05) is 26.1 Å². The molecule has 1 aromatic rings. The number of likely N-dealkylation sites (N-methyl/N-ethyl adjacent to an activating group) is 1. The molecule has 1 aromatic carbocycles. The first-order valence-electron chi connectivity index (χ1n) is 4.69. The van der Waals surface area contributed by atoms with Crippen LogP contribution in [0.2, 0.25) is 0 Å². The Morgan fingerprint density at radius 2 is 2.33 bits per heavy atom. The predicted molar refractivity (Wildman–Crippen MR) is 58.7 cm³/mol. The Labute approximate surface area is 89.0 Å². The van der Waals surface area contributed by atoms with Crippen LogP contribution >= 0.6 is 0 Å². The van der Waals surface area contributed by atoms with E-state index in [1.54, 1.807) is 12.1 Å². The predicted octanol–water partition coefficient (Wildman–Crippen LogP) is 2.32. The first-order chi connectivity index (χ1) is 7.17. The van der Waals surface area contributed by atoms with E-state index in [4.69, 9.17) is 5.26 Å². The van der Waals surface area contributed by atoms with Gasteiger partial charge < -0.3 is 5.32 Å². The molecule has 0 unspecified atom stereocenters. The van der Waals surface area contributed by atoms with Gasteiger partial charge in [-0.15, -0.1) is 0 Å². The van der Waals surface area contributed by atoms with Crippen LogP contribution in [-0.4, -0.2) is 13.6 Å². The summed E-state index contributed by atoms with van der Waals surface area (Å²) in [5.41, 5.74) is 2.06. The number of nitrogens with one attached hydrogen (secondary N) is 1. The molecule has 3 heteroatoms. The molecule has 0 spiro atoms. The van der Waals surface area contributed by atoms with Gasteiger partial charge in [0, 0.05) is 6.54 Å². The summed E-state index contributed by atoms with van der Waals surface area (Å²) in [6, 6.07) is 6.35. The number of nitrogens with zero attached hydrogens (tertiary/aromatic N) is 1. The summed E-state index contributed by atoms with van der Waals surface area (Å²) in [7, 11) is 1.86. The molecule has 1 rings (SSSR count). The van der Waals surface area contributed by atoms with E-state index in [-0.39, 0.29) is 5.56 Å². The van der Waals surface area contributed by atoms with E-state index in [2.05, 4.69) is 5.32 Å². The van der Waals surface area contributed by atoms with Crippen molar-refractivity contribution in [1.29, 1.82) is 5.26 Å². The van der Waals surface area contributed by atoms with Crippen LogP contribution in [0, 0.1) is 17.1 Å². The summed E-state index contributed by atoms with van der Waals surface area (Å²) in [6.07, 6.45) is 1.93. The van der Waals surface area contributed by atoms with Crippen LogP contribution < -0.4 is 5.32 Å². The highest BCUT2D eigenvalue weighted by Gasteiger charge is 2.00. The van der Waals surface area contributed by atoms with E-state index in [9.17, 15) is 4.39 Å². The normalized spacial score (nSPS) is 11.2. The van der Waals surface area contributed by atoms with Gasteiger partial charge in [-0.3, -0.25) is 0 Å². The van der Waals surface area contributed by atoms with Crippen LogP contribution in [0.5, 0.6) is 0 Å². The number of nitriles is 1. The maximum absolute atomic E-state index is 13.0. The molecule has 0 saturated carbocycles. The smallest absolute Gasteiger partial charge is 0.140 e. The third kappa shape index (κ3) is 3.19. The van der Waals surface area contributed by atoms with Gasteiger partial charge in [0.25, 0.3) is 0 Å². The van der Waals surface area contributed by atoms with Crippen LogP contribution in [0.25, 0.3) is 6.08 Å². The van der Waals surface area contributed by atoms with Gasteiger partial charge in [0.15, 0.2) is 0 Å². The molecular weight excluding hydrogens is 191 g/mol. The second-order valence-corrected chi connectivity index (χ2v) is 3.37. The van der Waals surface area contributed by atoms with Gasteiger partial charge in [-0.25, -0.2) is 4.39 Å². The van der Waals surface area contributed by atoms with Crippen molar-refractivity contribution in [3.05, 3.63) is 40.7 Å². The van der Waals surface area contributed by atoms with Gasteiger partial charge in [-0.05, 0) is 31.7 Å². The van der Waals surface area contributed by atoms with Crippen molar-refractivity contribution in [2.24, 2.45) is 0 Å². The summed E-state index contributed by atoms with van der Waals surface area (Å²) in [5, 5.41) is 11.7. The van der Waals surface area contributed by atoms with Crippen LogP contribution in [0.4, 0.5) is 4.39 Å². The largest absolute Gasteiger partial charge is 0.316 e. The third-order valence-corrected chi connectivity index (χ3v) is 1.98. The zero-order valence-electron chi connectivity index (χ0n) is 8.84. The third-order valence-electron chi connectivity index (χ3n) is 1.98.